The number of rotatable bonds is 10. The normalized spacial score (nSPS) is 11.3. The maximum Gasteiger partial charge on any atom is 0.257 e. The summed E-state index contributed by atoms with van der Waals surface area (Å²) in [7, 11) is -2.15. The zero-order chi connectivity index (χ0) is 28.2. The average molecular weight is 578 g/mol. The number of hydrogen-bond donors (Lipinski definition) is 3. The van der Waals surface area contributed by atoms with Gasteiger partial charge in [0.05, 0.1) is 41.7 Å². The van der Waals surface area contributed by atoms with Crippen molar-refractivity contribution in [2.75, 3.05) is 22.4 Å². The van der Waals surface area contributed by atoms with Gasteiger partial charge in [-0.1, -0.05) is 11.6 Å². The van der Waals surface area contributed by atoms with E-state index in [9.17, 15) is 22.0 Å². The van der Waals surface area contributed by atoms with Gasteiger partial charge in [-0.3, -0.25) is 14.5 Å². The molecule has 0 aliphatic rings. The fourth-order valence-electron chi connectivity index (χ4n) is 3.62. The number of carbonyl (C=O) groups excluding carboxylic acids is 1. The number of aromatic nitrogens is 3. The summed E-state index contributed by atoms with van der Waals surface area (Å²) in [6, 6.07) is 8.05. The molecule has 0 saturated carbocycles. The lowest BCUT2D eigenvalue weighted by Crippen LogP contribution is -2.19. The summed E-state index contributed by atoms with van der Waals surface area (Å²) in [4.78, 5) is 20.9. The zero-order valence-corrected chi connectivity index (χ0v) is 21.9. The van der Waals surface area contributed by atoms with Crippen LogP contribution in [-0.4, -0.2) is 46.3 Å². The van der Waals surface area contributed by atoms with Gasteiger partial charge in [0.2, 0.25) is 10.0 Å². The molecule has 4 rings (SSSR count). The van der Waals surface area contributed by atoms with Crippen LogP contribution in [0.25, 0.3) is 11.4 Å². The number of carbonyl (C=O) groups is 1. The Labute approximate surface area is 227 Å². The highest BCUT2D eigenvalue weighted by molar-refractivity contribution is 7.92. The molecule has 204 valence electrons. The molecule has 3 aromatic heterocycles. The largest absolute Gasteiger partial charge is 0.486 e. The lowest BCUT2D eigenvalue weighted by atomic mass is 10.2. The maximum atomic E-state index is 14.0. The maximum absolute atomic E-state index is 14.0. The molecule has 0 atom stereocenters. The zero-order valence-electron chi connectivity index (χ0n) is 20.4. The number of amides is 1. The van der Waals surface area contributed by atoms with Crippen molar-refractivity contribution in [3.8, 4) is 17.1 Å². The number of nitrogens with zero attached hydrogens (tertiary/aromatic N) is 3. The van der Waals surface area contributed by atoms with Crippen LogP contribution in [0.1, 0.15) is 15.9 Å². The van der Waals surface area contributed by atoms with E-state index in [1.165, 1.54) is 42.7 Å². The number of aliphatic hydroxyl groups is 1. The molecule has 10 nitrogen and oxygen atoms in total. The Balaban J connectivity index is 1.56. The van der Waals surface area contributed by atoms with E-state index in [-0.39, 0.29) is 40.0 Å². The summed E-state index contributed by atoms with van der Waals surface area (Å²) in [6.07, 6.45) is 4.99. The number of pyridine rings is 2. The number of nitrogens with one attached hydrogen (secondary N) is 2. The smallest absolute Gasteiger partial charge is 0.257 e. The second-order valence-electron chi connectivity index (χ2n) is 8.35. The van der Waals surface area contributed by atoms with E-state index in [1.807, 2.05) is 0 Å². The number of benzene rings is 1. The fraction of sp³-hybridized carbons (Fsp3) is 0.160. The summed E-state index contributed by atoms with van der Waals surface area (Å²) >= 11 is 6.09. The molecule has 1 amide bonds. The van der Waals surface area contributed by atoms with Crippen LogP contribution in [0, 0.1) is 11.6 Å². The monoisotopic (exact) mass is 577 g/mol. The topological polar surface area (TPSA) is 135 Å². The molecule has 0 saturated heterocycles. The molecule has 1 aromatic carbocycles. The van der Waals surface area contributed by atoms with Gasteiger partial charge in [-0.15, -0.1) is 0 Å². The lowest BCUT2D eigenvalue weighted by Gasteiger charge is -2.11. The van der Waals surface area contributed by atoms with Crippen molar-refractivity contribution in [3.05, 3.63) is 89.0 Å². The van der Waals surface area contributed by atoms with Crippen LogP contribution in [-0.2, 0) is 23.7 Å². The second-order valence-corrected chi connectivity index (χ2v) is 10.6. The van der Waals surface area contributed by atoms with E-state index >= 15 is 0 Å². The molecule has 0 radical (unpaired) electrons. The number of hydrogen-bond acceptors (Lipinski definition) is 7. The van der Waals surface area contributed by atoms with Crippen LogP contribution in [0.2, 0.25) is 5.02 Å². The van der Waals surface area contributed by atoms with Crippen molar-refractivity contribution in [1.29, 1.82) is 0 Å². The van der Waals surface area contributed by atoms with Crippen LogP contribution >= 0.6 is 11.6 Å². The molecule has 39 heavy (non-hydrogen) atoms. The molecule has 0 aliphatic carbocycles. The Morgan fingerprint density at radius 1 is 1.08 bits per heavy atom. The predicted octanol–water partition coefficient (Wildman–Crippen LogP) is 3.98. The van der Waals surface area contributed by atoms with Crippen LogP contribution in [0.4, 0.5) is 20.2 Å². The van der Waals surface area contributed by atoms with E-state index in [1.54, 1.807) is 11.6 Å². The van der Waals surface area contributed by atoms with Gasteiger partial charge >= 0.3 is 0 Å². The lowest BCUT2D eigenvalue weighted by molar-refractivity contribution is 0.102. The van der Waals surface area contributed by atoms with E-state index in [2.05, 4.69) is 20.0 Å². The minimum atomic E-state index is -3.81. The van der Waals surface area contributed by atoms with Crippen molar-refractivity contribution in [1.82, 2.24) is 14.5 Å². The number of halogens is 3. The first-order chi connectivity index (χ1) is 18.5. The summed E-state index contributed by atoms with van der Waals surface area (Å²) in [6.45, 7) is -0.659. The molecular weight excluding hydrogens is 556 g/mol. The molecule has 3 N–H and O–H groups in total. The average Bonchev–Trinajstić information content (AvgIpc) is 3.23. The predicted molar refractivity (Wildman–Crippen MR) is 141 cm³/mol. The first-order valence-electron chi connectivity index (χ1n) is 11.3. The van der Waals surface area contributed by atoms with Crippen molar-refractivity contribution in [3.63, 3.8) is 0 Å². The molecule has 4 aromatic rings. The van der Waals surface area contributed by atoms with E-state index < -0.39 is 39.9 Å². The van der Waals surface area contributed by atoms with Crippen molar-refractivity contribution >= 4 is 38.9 Å². The molecule has 0 aliphatic heterocycles. The molecule has 0 unspecified atom stereocenters. The first kappa shape index (κ1) is 28.0. The first-order valence-corrected chi connectivity index (χ1v) is 13.3. The van der Waals surface area contributed by atoms with E-state index in [4.69, 9.17) is 21.4 Å². The Bertz CT molecular complexity index is 1630. The summed E-state index contributed by atoms with van der Waals surface area (Å²) < 4.78 is 61.0. The molecule has 0 spiro atoms. The van der Waals surface area contributed by atoms with Crippen LogP contribution in [0.5, 0.6) is 5.75 Å². The Morgan fingerprint density at radius 2 is 1.82 bits per heavy atom. The number of anilines is 2. The SMILES string of the molecule is Cn1cc(C(=O)Nc2cc(Cl)cc(NS(=O)(=O)CCO)c2)cc1-c1ncc(F)cc1OCc1cncc(F)c1. The third-order valence-electron chi connectivity index (χ3n) is 5.27. The fourth-order valence-corrected chi connectivity index (χ4v) is 4.67. The third kappa shape index (κ3) is 7.28. The summed E-state index contributed by atoms with van der Waals surface area (Å²) in [5.41, 5.74) is 1.62. The highest BCUT2D eigenvalue weighted by atomic mass is 35.5. The summed E-state index contributed by atoms with van der Waals surface area (Å²) in [5, 5.41) is 11.7. The molecule has 14 heteroatoms. The molecular formula is C25H22ClF2N5O5S. The Morgan fingerprint density at radius 3 is 2.56 bits per heavy atom. The third-order valence-corrected chi connectivity index (χ3v) is 6.76. The van der Waals surface area contributed by atoms with Gasteiger partial charge in [0.15, 0.2) is 5.75 Å². The van der Waals surface area contributed by atoms with Crippen molar-refractivity contribution in [2.45, 2.75) is 6.61 Å². The minimum Gasteiger partial charge on any atom is -0.486 e. The van der Waals surface area contributed by atoms with Gasteiger partial charge in [-0.05, 0) is 30.3 Å². The number of sulfonamides is 1. The Kier molecular flexibility index (Phi) is 8.43. The summed E-state index contributed by atoms with van der Waals surface area (Å²) in [5.74, 6) is -2.16. The van der Waals surface area contributed by atoms with Gasteiger partial charge in [0.25, 0.3) is 5.91 Å². The van der Waals surface area contributed by atoms with Gasteiger partial charge in [-0.25, -0.2) is 22.2 Å². The molecule has 0 bridgehead atoms. The highest BCUT2D eigenvalue weighted by Gasteiger charge is 2.18. The molecule has 0 fully saturated rings. The van der Waals surface area contributed by atoms with Gasteiger partial charge < -0.3 is 19.7 Å². The van der Waals surface area contributed by atoms with E-state index in [0.717, 1.165) is 18.5 Å². The number of ether oxygens (including phenoxy) is 1. The van der Waals surface area contributed by atoms with Crippen LogP contribution in [0.15, 0.2) is 61.2 Å². The van der Waals surface area contributed by atoms with Crippen molar-refractivity contribution < 1.29 is 31.8 Å². The number of aliphatic hydroxyl groups excluding tert-OH is 1. The van der Waals surface area contributed by atoms with Crippen molar-refractivity contribution in [2.24, 2.45) is 7.05 Å². The minimum absolute atomic E-state index is 0.0714. The Hall–Kier alpha value is -4.07. The van der Waals surface area contributed by atoms with E-state index in [0.29, 0.717) is 11.3 Å². The number of aryl methyl sites for hydroxylation is 1. The molecule has 3 heterocycles. The van der Waals surface area contributed by atoms with Crippen LogP contribution < -0.4 is 14.8 Å². The second kappa shape index (κ2) is 11.8. The van der Waals surface area contributed by atoms with Gasteiger partial charge in [0, 0.05) is 41.8 Å². The van der Waals surface area contributed by atoms with Gasteiger partial charge in [-0.2, -0.15) is 0 Å². The quantitative estimate of drug-likeness (QED) is 0.259. The van der Waals surface area contributed by atoms with Crippen LogP contribution in [0.3, 0.4) is 0 Å². The standard InChI is InChI=1S/C25H22ClF2N5O5S/c1-33-13-16(25(35)31-20-6-17(26)7-21(9-20)32-39(36,37)3-2-34)5-22(33)24-23(8-19(28)12-30-24)38-14-15-4-18(27)11-29-10-15/h4-13,32,34H,2-3,14H2,1H3,(H,31,35). The highest BCUT2D eigenvalue weighted by Crippen LogP contribution is 2.31. The van der Waals surface area contributed by atoms with Gasteiger partial charge in [0.1, 0.15) is 23.9 Å².